The Kier molecular flexibility index (Phi) is 5.28. The predicted molar refractivity (Wildman–Crippen MR) is 20.4 cm³/mol. The van der Waals surface area contributed by atoms with Gasteiger partial charge < -0.3 is 14.4 Å². The molecule has 0 aromatic heterocycles. The van der Waals surface area contributed by atoms with Crippen molar-refractivity contribution in [1.29, 1.82) is 0 Å². The van der Waals surface area contributed by atoms with Crippen molar-refractivity contribution < 1.29 is 23.5 Å². The van der Waals surface area contributed by atoms with Crippen LogP contribution < -0.4 is 0 Å². The Balaban J connectivity index is 0. The van der Waals surface area contributed by atoms with Crippen molar-refractivity contribution in [2.45, 2.75) is 0 Å². The van der Waals surface area contributed by atoms with E-state index in [0.717, 1.165) is 0 Å². The second kappa shape index (κ2) is 3.52. The molecular weight excluding hydrogens is 184 g/mol. The molecule has 0 bridgehead atoms. The molecule has 0 aromatic rings. The van der Waals surface area contributed by atoms with Gasteiger partial charge in [-0.05, 0) is 0 Å². The average Bonchev–Trinajstić information content (AvgIpc) is 1.35. The molecule has 0 fully saturated rings. The van der Waals surface area contributed by atoms with Gasteiger partial charge in [0, 0.05) is 17.6 Å². The van der Waals surface area contributed by atoms with Gasteiger partial charge in [0.15, 0.2) is 0 Å². The minimum absolute atomic E-state index is 0. The largest absolute Gasteiger partial charge is 0.703 e. The average molecular weight is 187 g/mol. The summed E-state index contributed by atoms with van der Waals surface area (Å²) in [5, 5.41) is 0. The third-order valence-corrected chi connectivity index (χ3v) is 0.311. The van der Waals surface area contributed by atoms with E-state index in [1.54, 1.807) is 0 Å². The standard InChI is InChI=1S/FH3O4Si.Ge/c1-5-6(2,3)4;/h2-4H;. The summed E-state index contributed by atoms with van der Waals surface area (Å²) in [6.45, 7) is 0. The Labute approximate surface area is 50.9 Å². The second-order valence-corrected chi connectivity index (χ2v) is 1.95. The summed E-state index contributed by atoms with van der Waals surface area (Å²) in [4.78, 5) is 22.4. The fourth-order valence-electron chi connectivity index (χ4n) is 0. The summed E-state index contributed by atoms with van der Waals surface area (Å²) < 4.78 is 12.6. The molecule has 3 N–H and O–H groups in total. The maximum Gasteiger partial charge on any atom is 0.703 e. The maximum atomic E-state index is 10.3. The van der Waals surface area contributed by atoms with E-state index in [9.17, 15) is 4.53 Å². The smallest absolute Gasteiger partial charge is 0.366 e. The van der Waals surface area contributed by atoms with E-state index in [-0.39, 0.29) is 17.6 Å². The predicted octanol–water partition coefficient (Wildman–Crippen LogP) is -2.08. The van der Waals surface area contributed by atoms with Gasteiger partial charge >= 0.3 is 9.05 Å². The van der Waals surface area contributed by atoms with E-state index in [0.29, 0.717) is 0 Å². The van der Waals surface area contributed by atoms with E-state index in [2.05, 4.69) is 4.63 Å². The third kappa shape index (κ3) is 10.8. The van der Waals surface area contributed by atoms with Crippen LogP contribution in [-0.4, -0.2) is 41.0 Å². The first-order valence-corrected chi connectivity index (χ1v) is 2.78. The molecule has 7 heteroatoms. The van der Waals surface area contributed by atoms with Crippen LogP contribution >= 0.6 is 0 Å². The molecule has 0 spiro atoms. The summed E-state index contributed by atoms with van der Waals surface area (Å²) in [5.74, 6) is 0. The molecule has 0 aliphatic heterocycles. The van der Waals surface area contributed by atoms with E-state index in [1.165, 1.54) is 0 Å². The number of hydrogen-bond acceptors (Lipinski definition) is 4. The molecule has 0 rings (SSSR count). The normalized spacial score (nSPS) is 10.3. The summed E-state index contributed by atoms with van der Waals surface area (Å²) in [7, 11) is -4.80. The Morgan fingerprint density at radius 1 is 1.29 bits per heavy atom. The zero-order chi connectivity index (χ0) is 5.21. The van der Waals surface area contributed by atoms with E-state index in [1.807, 2.05) is 0 Å². The fourth-order valence-corrected chi connectivity index (χ4v) is 0. The SMILES string of the molecule is O[Si](O)(O)OF.[Ge]. The first kappa shape index (κ1) is 10.5. The topological polar surface area (TPSA) is 69.9 Å². The molecular formula is H3FGeO4Si. The van der Waals surface area contributed by atoms with Crippen LogP contribution in [-0.2, 0) is 4.63 Å². The van der Waals surface area contributed by atoms with Crippen molar-refractivity contribution >= 4 is 26.6 Å². The Morgan fingerprint density at radius 3 is 1.43 bits per heavy atom. The van der Waals surface area contributed by atoms with Crippen LogP contribution in [0.4, 0.5) is 4.53 Å². The van der Waals surface area contributed by atoms with Gasteiger partial charge in [0.25, 0.3) is 0 Å². The van der Waals surface area contributed by atoms with Crippen LogP contribution in [0.1, 0.15) is 0 Å². The molecule has 4 radical (unpaired) electrons. The Hall–Kier alpha value is 0.530. The van der Waals surface area contributed by atoms with Gasteiger partial charge in [-0.1, -0.05) is 4.53 Å². The minimum atomic E-state index is -4.80. The summed E-state index contributed by atoms with van der Waals surface area (Å²) in [5.41, 5.74) is 0. The molecule has 7 heavy (non-hydrogen) atoms. The van der Waals surface area contributed by atoms with Gasteiger partial charge in [-0.15, -0.1) is 0 Å². The number of halogens is 1. The monoisotopic (exact) mass is 188 g/mol. The van der Waals surface area contributed by atoms with Gasteiger partial charge in [-0.3, -0.25) is 0 Å². The number of rotatable bonds is 1. The van der Waals surface area contributed by atoms with Crippen molar-refractivity contribution in [3.05, 3.63) is 0 Å². The van der Waals surface area contributed by atoms with Crippen LogP contribution in [0.25, 0.3) is 0 Å². The van der Waals surface area contributed by atoms with Crippen molar-refractivity contribution in [3.8, 4) is 0 Å². The minimum Gasteiger partial charge on any atom is -0.366 e. The summed E-state index contributed by atoms with van der Waals surface area (Å²) in [6, 6.07) is 0. The van der Waals surface area contributed by atoms with Crippen LogP contribution in [0.5, 0.6) is 0 Å². The zero-order valence-corrected chi connectivity index (χ0v) is 6.23. The van der Waals surface area contributed by atoms with Crippen molar-refractivity contribution in [2.24, 2.45) is 0 Å². The van der Waals surface area contributed by atoms with Crippen LogP contribution in [0.15, 0.2) is 0 Å². The van der Waals surface area contributed by atoms with Crippen molar-refractivity contribution in [2.75, 3.05) is 0 Å². The van der Waals surface area contributed by atoms with Gasteiger partial charge in [-0.25, -0.2) is 0 Å². The maximum absolute atomic E-state index is 10.3. The first-order valence-electron chi connectivity index (χ1n) is 1.03. The molecule has 0 heterocycles. The zero-order valence-electron chi connectivity index (χ0n) is 3.13. The van der Waals surface area contributed by atoms with Crippen molar-refractivity contribution in [3.63, 3.8) is 0 Å². The Morgan fingerprint density at radius 2 is 1.43 bits per heavy atom. The van der Waals surface area contributed by atoms with E-state index in [4.69, 9.17) is 14.4 Å². The third-order valence-electron chi connectivity index (χ3n) is 0.104. The number of hydrogen-bond donors (Lipinski definition) is 3. The molecule has 0 unspecified atom stereocenters. The van der Waals surface area contributed by atoms with Crippen LogP contribution in [0, 0.1) is 0 Å². The van der Waals surface area contributed by atoms with Gasteiger partial charge in [0.2, 0.25) is 0 Å². The first-order chi connectivity index (χ1) is 2.56. The Bertz CT molecular complexity index is 41.4. The molecule has 0 atom stereocenters. The fraction of sp³-hybridized carbons (Fsp3) is 0. The van der Waals surface area contributed by atoms with Gasteiger partial charge in [0.1, 0.15) is 0 Å². The van der Waals surface area contributed by atoms with Crippen molar-refractivity contribution in [1.82, 2.24) is 0 Å². The quantitative estimate of drug-likeness (QED) is 0.412. The molecule has 0 amide bonds. The second-order valence-electron chi connectivity index (χ2n) is 0.651. The molecule has 0 aliphatic carbocycles. The molecule has 0 saturated heterocycles. The summed E-state index contributed by atoms with van der Waals surface area (Å²) >= 11 is 0. The summed E-state index contributed by atoms with van der Waals surface area (Å²) in [6.07, 6.45) is 0. The molecule has 0 aromatic carbocycles. The molecule has 0 saturated carbocycles. The van der Waals surface area contributed by atoms with Gasteiger partial charge in [0.05, 0.1) is 0 Å². The molecule has 42 valence electrons. The van der Waals surface area contributed by atoms with Crippen LogP contribution in [0.2, 0.25) is 0 Å². The molecule has 0 aliphatic rings. The molecule has 4 nitrogen and oxygen atoms in total. The van der Waals surface area contributed by atoms with E-state index >= 15 is 0 Å². The van der Waals surface area contributed by atoms with E-state index < -0.39 is 9.05 Å². The van der Waals surface area contributed by atoms with Gasteiger partial charge in [-0.2, -0.15) is 4.63 Å². The van der Waals surface area contributed by atoms with Crippen LogP contribution in [0.3, 0.4) is 0 Å².